The number of nitrogens with one attached hydrogen (secondary N) is 2. The first kappa shape index (κ1) is 34.5. The number of oxime groups is 1. The van der Waals surface area contributed by atoms with Crippen LogP contribution in [0.4, 0.5) is 5.13 Å². The topological polar surface area (TPSA) is 229 Å². The zero-order chi connectivity index (χ0) is 34.4. The SMILES string of the molecule is CC(C)(C)OC(=O)C(C)(C)O/N=C(/C(=O)N[C@@H]1C(=O)N2C(C(=O)[O-])=C([N+](C)(C)Cc3cc(=O)c(O)c[nH]3)CS[C@H]12)c1csc(N)n1. The Hall–Kier alpha value is -4.42. The molecule has 4 rings (SSSR count). The van der Waals surface area contributed by atoms with Crippen LogP contribution in [-0.2, 0) is 35.3 Å². The molecule has 16 nitrogen and oxygen atoms in total. The molecule has 2 aromatic heterocycles. The molecule has 4 heterocycles. The van der Waals surface area contributed by atoms with Gasteiger partial charge in [-0.15, -0.1) is 23.1 Å². The zero-order valence-electron chi connectivity index (χ0n) is 26.2. The van der Waals surface area contributed by atoms with Crippen molar-refractivity contribution in [1.29, 1.82) is 0 Å². The van der Waals surface area contributed by atoms with Crippen molar-refractivity contribution in [2.45, 2.75) is 63.8 Å². The maximum Gasteiger partial charge on any atom is 0.353 e. The molecular formula is C28H35N7O9S2. The van der Waals surface area contributed by atoms with Crippen molar-refractivity contribution in [3.8, 4) is 5.75 Å². The van der Waals surface area contributed by atoms with Crippen molar-refractivity contribution < 1.29 is 43.4 Å². The van der Waals surface area contributed by atoms with Gasteiger partial charge in [-0.2, -0.15) is 0 Å². The van der Waals surface area contributed by atoms with E-state index in [1.54, 1.807) is 34.9 Å². The molecule has 248 valence electrons. The van der Waals surface area contributed by atoms with Gasteiger partial charge in [-0.3, -0.25) is 23.8 Å². The number of nitrogens with zero attached hydrogens (tertiary/aromatic N) is 4. The van der Waals surface area contributed by atoms with Crippen molar-refractivity contribution in [2.24, 2.45) is 5.16 Å². The number of carbonyl (C=O) groups is 4. The van der Waals surface area contributed by atoms with Crippen LogP contribution in [0, 0.1) is 0 Å². The van der Waals surface area contributed by atoms with Gasteiger partial charge in [0.1, 0.15) is 40.6 Å². The second-order valence-electron chi connectivity index (χ2n) is 12.6. The minimum Gasteiger partial charge on any atom is -0.543 e. The predicted molar refractivity (Wildman–Crippen MR) is 166 cm³/mol. The summed E-state index contributed by atoms with van der Waals surface area (Å²) in [5, 5.41) is 29.2. The smallest absolute Gasteiger partial charge is 0.353 e. The van der Waals surface area contributed by atoms with Crippen LogP contribution in [0.1, 0.15) is 46.0 Å². The minimum absolute atomic E-state index is 0.0313. The lowest BCUT2D eigenvalue weighted by Crippen LogP contribution is -2.72. The molecule has 2 aromatic rings. The van der Waals surface area contributed by atoms with Crippen molar-refractivity contribution >= 4 is 57.7 Å². The number of amides is 2. The van der Waals surface area contributed by atoms with Gasteiger partial charge in [0, 0.05) is 17.6 Å². The highest BCUT2D eigenvalue weighted by Crippen LogP contribution is 2.42. The molecule has 2 aliphatic rings. The van der Waals surface area contributed by atoms with E-state index in [0.717, 1.165) is 22.4 Å². The molecule has 0 aliphatic carbocycles. The number of ether oxygens (including phenoxy) is 1. The highest BCUT2D eigenvalue weighted by Gasteiger charge is 2.55. The molecule has 0 aromatic carbocycles. The van der Waals surface area contributed by atoms with Crippen molar-refractivity contribution in [3.63, 3.8) is 0 Å². The summed E-state index contributed by atoms with van der Waals surface area (Å²) in [6, 6.07) is 0.0683. The number of β-lactam (4-membered cyclic amide) rings is 1. The van der Waals surface area contributed by atoms with Crippen LogP contribution in [0.25, 0.3) is 0 Å². The van der Waals surface area contributed by atoms with E-state index in [1.807, 2.05) is 0 Å². The molecule has 0 unspecified atom stereocenters. The van der Waals surface area contributed by atoms with Crippen LogP contribution in [0.3, 0.4) is 0 Å². The number of pyridine rings is 1. The first-order chi connectivity index (χ1) is 21.2. The number of aromatic nitrogens is 2. The summed E-state index contributed by atoms with van der Waals surface area (Å²) in [4.78, 5) is 77.3. The minimum atomic E-state index is -1.61. The predicted octanol–water partition coefficient (Wildman–Crippen LogP) is -0.402. The number of hydrogen-bond donors (Lipinski definition) is 4. The maximum absolute atomic E-state index is 13.5. The number of esters is 1. The van der Waals surface area contributed by atoms with Gasteiger partial charge in [-0.25, -0.2) is 9.78 Å². The summed E-state index contributed by atoms with van der Waals surface area (Å²) in [6.07, 6.45) is 1.14. The molecule has 1 saturated heterocycles. The van der Waals surface area contributed by atoms with Crippen LogP contribution in [0.15, 0.2) is 39.0 Å². The van der Waals surface area contributed by atoms with Crippen LogP contribution >= 0.6 is 23.1 Å². The standard InChI is InChI=1S/C28H35N7O9S2/c1-27(2,3)43-25(42)28(4,5)44-33-18(14-11-46-26(29)31-14)21(38)32-19-22(39)34-20(24(40)41)15(12-45-23(19)34)35(6,7)10-13-8-16(36)17(37)9-30-13/h8-9,11,19,23H,10,12H2,1-7H3,(H5-,29,30,31,32,33,36,37,38,40,41)/t19-,23-/m1/s1. The number of carbonyl (C=O) groups excluding carboxylic acids is 4. The first-order valence-electron chi connectivity index (χ1n) is 13.9. The van der Waals surface area contributed by atoms with Crippen LogP contribution in [0.5, 0.6) is 5.75 Å². The Bertz CT molecular complexity index is 1700. The molecule has 0 spiro atoms. The average molecular weight is 678 g/mol. The Morgan fingerprint density at radius 3 is 2.50 bits per heavy atom. The van der Waals surface area contributed by atoms with Gasteiger partial charge >= 0.3 is 5.97 Å². The van der Waals surface area contributed by atoms with E-state index in [1.165, 1.54) is 37.1 Å². The van der Waals surface area contributed by atoms with Crippen molar-refractivity contribution in [1.82, 2.24) is 20.2 Å². The number of rotatable bonds is 10. The van der Waals surface area contributed by atoms with Crippen LogP contribution < -0.4 is 21.6 Å². The van der Waals surface area contributed by atoms with E-state index in [-0.39, 0.29) is 39.0 Å². The van der Waals surface area contributed by atoms with E-state index >= 15 is 0 Å². The number of carboxylic acids is 1. The second-order valence-corrected chi connectivity index (χ2v) is 14.6. The number of anilines is 1. The van der Waals surface area contributed by atoms with Gasteiger partial charge < -0.3 is 40.6 Å². The number of hydrogen-bond acceptors (Lipinski definition) is 14. The summed E-state index contributed by atoms with van der Waals surface area (Å²) < 4.78 is 5.31. The highest BCUT2D eigenvalue weighted by molar-refractivity contribution is 8.00. The third kappa shape index (κ3) is 7.18. The normalized spacial score (nSPS) is 18.9. The lowest BCUT2D eigenvalue weighted by molar-refractivity contribution is -0.866. The van der Waals surface area contributed by atoms with E-state index in [2.05, 4.69) is 20.4 Å². The molecule has 5 N–H and O–H groups in total. The summed E-state index contributed by atoms with van der Waals surface area (Å²) in [5.74, 6) is -4.20. The number of aliphatic carboxylic acids is 1. The zero-order valence-corrected chi connectivity index (χ0v) is 27.8. The fraction of sp³-hybridized carbons (Fsp3) is 0.464. The maximum atomic E-state index is 13.5. The van der Waals surface area contributed by atoms with Gasteiger partial charge in [0.2, 0.25) is 11.0 Å². The average Bonchev–Trinajstić information content (AvgIpc) is 3.37. The van der Waals surface area contributed by atoms with Crippen molar-refractivity contribution in [3.05, 3.63) is 50.6 Å². The molecule has 2 amide bonds. The number of thiazole rings is 1. The fourth-order valence-electron chi connectivity index (χ4n) is 4.58. The first-order valence-corrected chi connectivity index (χ1v) is 15.8. The Morgan fingerprint density at radius 2 is 1.93 bits per heavy atom. The van der Waals surface area contributed by atoms with Gasteiger partial charge in [0.25, 0.3) is 11.8 Å². The van der Waals surface area contributed by atoms with E-state index in [9.17, 15) is 34.2 Å². The number of carboxylic acid groups (broad SMARTS) is 1. The molecule has 46 heavy (non-hydrogen) atoms. The monoisotopic (exact) mass is 677 g/mol. The fourth-order valence-corrected chi connectivity index (χ4v) is 6.68. The lowest BCUT2D eigenvalue weighted by atomic mass is 10.0. The molecule has 18 heteroatoms. The van der Waals surface area contributed by atoms with E-state index < -0.39 is 57.5 Å². The number of fused-ring (bicyclic) bond motifs is 1. The lowest BCUT2D eigenvalue weighted by Gasteiger charge is -2.51. The highest BCUT2D eigenvalue weighted by atomic mass is 32.2. The molecular weight excluding hydrogens is 642 g/mol. The largest absolute Gasteiger partial charge is 0.543 e. The van der Waals surface area contributed by atoms with E-state index in [4.69, 9.17) is 15.3 Å². The number of nitrogen functional groups attached to an aromatic ring is 1. The Morgan fingerprint density at radius 1 is 1.26 bits per heavy atom. The molecule has 2 aliphatic heterocycles. The van der Waals surface area contributed by atoms with Gasteiger partial charge in [-0.05, 0) is 34.6 Å². The Kier molecular flexibility index (Phi) is 9.29. The molecule has 2 atom stereocenters. The third-order valence-electron chi connectivity index (χ3n) is 6.91. The van der Waals surface area contributed by atoms with E-state index in [0.29, 0.717) is 11.4 Å². The number of thioether (sulfide) groups is 1. The Labute approximate surface area is 271 Å². The van der Waals surface area contributed by atoms with Crippen LogP contribution in [-0.4, -0.2) is 96.4 Å². The summed E-state index contributed by atoms with van der Waals surface area (Å²) in [5.41, 5.74) is 2.84. The summed E-state index contributed by atoms with van der Waals surface area (Å²) in [6.45, 7) is 8.00. The van der Waals surface area contributed by atoms with Crippen LogP contribution in [0.2, 0.25) is 0 Å². The third-order valence-corrected chi connectivity index (χ3v) is 8.85. The summed E-state index contributed by atoms with van der Waals surface area (Å²) >= 11 is 2.26. The quantitative estimate of drug-likeness (QED) is 0.0828. The summed E-state index contributed by atoms with van der Waals surface area (Å²) in [7, 11) is 3.41. The van der Waals surface area contributed by atoms with Crippen molar-refractivity contribution in [2.75, 3.05) is 25.6 Å². The molecule has 0 bridgehead atoms. The Balaban J connectivity index is 1.57. The number of aromatic amines is 1. The van der Waals surface area contributed by atoms with Gasteiger partial charge in [0.15, 0.2) is 16.6 Å². The van der Waals surface area contributed by atoms with Gasteiger partial charge in [0.05, 0.1) is 31.5 Å². The van der Waals surface area contributed by atoms with Gasteiger partial charge in [-0.1, -0.05) is 5.16 Å². The molecule has 0 saturated carbocycles. The molecule has 1 fully saturated rings. The second kappa shape index (κ2) is 12.4. The number of H-pyrrole nitrogens is 1. The number of aromatic hydroxyl groups is 1. The molecule has 0 radical (unpaired) electrons. The number of nitrogens with two attached hydrogens (primary N) is 1. The number of quaternary nitrogens is 1.